The van der Waals surface area contributed by atoms with Gasteiger partial charge in [0, 0.05) is 25.3 Å². The Kier molecular flexibility index (Phi) is 5.61. The van der Waals surface area contributed by atoms with Crippen LogP contribution in [0.25, 0.3) is 10.2 Å². The number of ether oxygens (including phenoxy) is 1. The van der Waals surface area contributed by atoms with E-state index >= 15 is 0 Å². The van der Waals surface area contributed by atoms with Crippen LogP contribution in [0.5, 0.6) is 0 Å². The van der Waals surface area contributed by atoms with Gasteiger partial charge in [0.15, 0.2) is 10.6 Å². The van der Waals surface area contributed by atoms with Crippen molar-refractivity contribution in [3.05, 3.63) is 64.0 Å². The molecule has 0 saturated carbocycles. The first-order valence-corrected chi connectivity index (χ1v) is 8.76. The summed E-state index contributed by atoms with van der Waals surface area (Å²) in [6.45, 7) is 0.279. The standard InChI is InChI=1S/C18H13F5N2O2S/c1-27-6-5-25-15-13(20)8-12(19)9-14(15)28-17(25)24-16(26)10-3-2-4-11(7-10)18(21,22)23/h2-4,7-9H,5-6H2,1H3. The van der Waals surface area contributed by atoms with Crippen LogP contribution in [0.1, 0.15) is 15.9 Å². The van der Waals surface area contributed by atoms with Crippen molar-refractivity contribution >= 4 is 27.5 Å². The summed E-state index contributed by atoms with van der Waals surface area (Å²) < 4.78 is 72.8. The summed E-state index contributed by atoms with van der Waals surface area (Å²) in [6.07, 6.45) is -4.60. The SMILES string of the molecule is COCCn1c(=NC(=O)c2cccc(C(F)(F)F)c2)sc2cc(F)cc(F)c21. The van der Waals surface area contributed by atoms with Gasteiger partial charge in [-0.2, -0.15) is 18.2 Å². The summed E-state index contributed by atoms with van der Waals surface area (Å²) in [5, 5.41) is 0. The second-order valence-corrected chi connectivity index (χ2v) is 6.77. The molecule has 0 bridgehead atoms. The summed E-state index contributed by atoms with van der Waals surface area (Å²) in [6, 6.07) is 5.64. The Labute approximate surface area is 159 Å². The number of fused-ring (bicyclic) bond motifs is 1. The van der Waals surface area contributed by atoms with Crippen molar-refractivity contribution in [3.8, 4) is 0 Å². The maximum Gasteiger partial charge on any atom is 0.416 e. The van der Waals surface area contributed by atoms with E-state index < -0.39 is 29.3 Å². The van der Waals surface area contributed by atoms with Gasteiger partial charge in [-0.15, -0.1) is 0 Å². The third-order valence-corrected chi connectivity index (χ3v) is 4.87. The summed E-state index contributed by atoms with van der Waals surface area (Å²) >= 11 is 0.853. The number of rotatable bonds is 4. The zero-order valence-corrected chi connectivity index (χ0v) is 15.2. The second kappa shape index (κ2) is 7.80. The molecule has 0 N–H and O–H groups in total. The minimum Gasteiger partial charge on any atom is -0.383 e. The average molecular weight is 416 g/mol. The fraction of sp³-hybridized carbons (Fsp3) is 0.222. The third kappa shape index (κ3) is 4.12. The lowest BCUT2D eigenvalue weighted by Crippen LogP contribution is -2.20. The highest BCUT2D eigenvalue weighted by molar-refractivity contribution is 7.16. The molecule has 1 heterocycles. The van der Waals surface area contributed by atoms with Gasteiger partial charge in [-0.05, 0) is 24.3 Å². The van der Waals surface area contributed by atoms with Crippen LogP contribution in [0, 0.1) is 11.6 Å². The maximum atomic E-state index is 14.2. The Morgan fingerprint density at radius 3 is 2.64 bits per heavy atom. The number of thiazole rings is 1. The van der Waals surface area contributed by atoms with Gasteiger partial charge >= 0.3 is 6.18 Å². The van der Waals surface area contributed by atoms with Crippen molar-refractivity contribution in [2.45, 2.75) is 12.7 Å². The largest absolute Gasteiger partial charge is 0.416 e. The number of carbonyl (C=O) groups is 1. The zero-order chi connectivity index (χ0) is 20.5. The number of amides is 1. The monoisotopic (exact) mass is 416 g/mol. The molecule has 2 aromatic carbocycles. The highest BCUT2D eigenvalue weighted by Crippen LogP contribution is 2.29. The van der Waals surface area contributed by atoms with Gasteiger partial charge in [0.2, 0.25) is 0 Å². The van der Waals surface area contributed by atoms with E-state index in [-0.39, 0.29) is 33.7 Å². The average Bonchev–Trinajstić information content (AvgIpc) is 2.96. The van der Waals surface area contributed by atoms with Crippen LogP contribution in [0.3, 0.4) is 0 Å². The molecule has 28 heavy (non-hydrogen) atoms. The predicted octanol–water partition coefficient (Wildman–Crippen LogP) is 4.39. The lowest BCUT2D eigenvalue weighted by atomic mass is 10.1. The van der Waals surface area contributed by atoms with Crippen molar-refractivity contribution < 1.29 is 31.5 Å². The van der Waals surface area contributed by atoms with E-state index in [0.717, 1.165) is 29.5 Å². The Balaban J connectivity index is 2.13. The van der Waals surface area contributed by atoms with E-state index in [0.29, 0.717) is 12.1 Å². The highest BCUT2D eigenvalue weighted by Gasteiger charge is 2.30. The molecule has 3 rings (SSSR count). The first-order valence-electron chi connectivity index (χ1n) is 7.94. The van der Waals surface area contributed by atoms with Gasteiger partial charge in [-0.25, -0.2) is 8.78 Å². The number of alkyl halides is 3. The van der Waals surface area contributed by atoms with Crippen LogP contribution in [-0.4, -0.2) is 24.2 Å². The molecular weight excluding hydrogens is 403 g/mol. The molecule has 0 fully saturated rings. The molecule has 0 radical (unpaired) electrons. The Hall–Kier alpha value is -2.59. The van der Waals surface area contributed by atoms with Gasteiger partial charge in [0.25, 0.3) is 5.91 Å². The second-order valence-electron chi connectivity index (χ2n) is 5.76. The molecular formula is C18H13F5N2O2S. The van der Waals surface area contributed by atoms with Gasteiger partial charge in [0.1, 0.15) is 5.82 Å². The molecule has 3 aromatic rings. The minimum absolute atomic E-state index is 0.0268. The Morgan fingerprint density at radius 1 is 1.21 bits per heavy atom. The summed E-state index contributed by atoms with van der Waals surface area (Å²) in [5.74, 6) is -2.55. The van der Waals surface area contributed by atoms with Gasteiger partial charge in [-0.3, -0.25) is 4.79 Å². The van der Waals surface area contributed by atoms with Crippen molar-refractivity contribution in [1.82, 2.24) is 4.57 Å². The smallest absolute Gasteiger partial charge is 0.383 e. The first kappa shape index (κ1) is 20.2. The molecule has 1 aromatic heterocycles. The molecule has 10 heteroatoms. The van der Waals surface area contributed by atoms with E-state index in [1.807, 2.05) is 0 Å². The molecule has 0 saturated heterocycles. The lowest BCUT2D eigenvalue weighted by Gasteiger charge is -2.07. The van der Waals surface area contributed by atoms with Gasteiger partial charge < -0.3 is 9.30 Å². The van der Waals surface area contributed by atoms with Gasteiger partial charge in [0.05, 0.1) is 22.4 Å². The normalized spacial score (nSPS) is 12.7. The van der Waals surface area contributed by atoms with E-state index in [4.69, 9.17) is 4.74 Å². The summed E-state index contributed by atoms with van der Waals surface area (Å²) in [5.41, 5.74) is -1.21. The molecule has 0 aliphatic carbocycles. The third-order valence-electron chi connectivity index (χ3n) is 3.85. The topological polar surface area (TPSA) is 43.6 Å². The van der Waals surface area contributed by atoms with E-state index in [1.165, 1.54) is 17.7 Å². The minimum atomic E-state index is -4.60. The van der Waals surface area contributed by atoms with Crippen molar-refractivity contribution in [2.75, 3.05) is 13.7 Å². The molecule has 0 atom stereocenters. The van der Waals surface area contributed by atoms with Gasteiger partial charge in [-0.1, -0.05) is 17.4 Å². The molecule has 0 spiro atoms. The van der Waals surface area contributed by atoms with Crippen LogP contribution < -0.4 is 4.80 Å². The summed E-state index contributed by atoms with van der Waals surface area (Å²) in [7, 11) is 1.43. The van der Waals surface area contributed by atoms with Crippen LogP contribution in [0.15, 0.2) is 41.4 Å². The fourth-order valence-electron chi connectivity index (χ4n) is 2.58. The van der Waals surface area contributed by atoms with Crippen LogP contribution in [-0.2, 0) is 17.5 Å². The molecule has 0 unspecified atom stereocenters. The van der Waals surface area contributed by atoms with Crippen molar-refractivity contribution in [2.24, 2.45) is 4.99 Å². The molecule has 0 aliphatic rings. The predicted molar refractivity (Wildman–Crippen MR) is 92.9 cm³/mol. The number of benzene rings is 2. The maximum absolute atomic E-state index is 14.2. The quantitative estimate of drug-likeness (QED) is 0.593. The highest BCUT2D eigenvalue weighted by atomic mass is 32.1. The number of hydrogen-bond donors (Lipinski definition) is 0. The van der Waals surface area contributed by atoms with Crippen molar-refractivity contribution in [3.63, 3.8) is 0 Å². The molecule has 4 nitrogen and oxygen atoms in total. The number of nitrogens with zero attached hydrogens (tertiary/aromatic N) is 2. The molecule has 0 aliphatic heterocycles. The van der Waals surface area contributed by atoms with E-state index in [1.54, 1.807) is 0 Å². The molecule has 148 valence electrons. The summed E-state index contributed by atoms with van der Waals surface area (Å²) in [4.78, 5) is 16.3. The Bertz CT molecular complexity index is 1100. The number of halogens is 5. The van der Waals surface area contributed by atoms with Crippen LogP contribution in [0.2, 0.25) is 0 Å². The zero-order valence-electron chi connectivity index (χ0n) is 14.4. The number of hydrogen-bond acceptors (Lipinski definition) is 3. The van der Waals surface area contributed by atoms with E-state index in [2.05, 4.69) is 4.99 Å². The number of aromatic nitrogens is 1. The first-order chi connectivity index (χ1) is 13.2. The Morgan fingerprint density at radius 2 is 1.96 bits per heavy atom. The number of carbonyl (C=O) groups excluding carboxylic acids is 1. The number of methoxy groups -OCH3 is 1. The molecule has 1 amide bonds. The van der Waals surface area contributed by atoms with Crippen LogP contribution in [0.4, 0.5) is 22.0 Å². The van der Waals surface area contributed by atoms with Crippen LogP contribution >= 0.6 is 11.3 Å². The van der Waals surface area contributed by atoms with E-state index in [9.17, 15) is 26.7 Å². The van der Waals surface area contributed by atoms with Crippen molar-refractivity contribution in [1.29, 1.82) is 0 Å². The fourth-order valence-corrected chi connectivity index (χ4v) is 3.68. The lowest BCUT2D eigenvalue weighted by molar-refractivity contribution is -0.137.